The summed E-state index contributed by atoms with van der Waals surface area (Å²) in [6.07, 6.45) is 0. The Bertz CT molecular complexity index is 347. The molecule has 0 saturated heterocycles. The summed E-state index contributed by atoms with van der Waals surface area (Å²) in [6, 6.07) is 5.69. The van der Waals surface area contributed by atoms with Crippen molar-refractivity contribution in [2.24, 2.45) is 0 Å². The number of aliphatic hydroxyl groups excluding tert-OH is 1. The predicted molar refractivity (Wildman–Crippen MR) is 59.5 cm³/mol. The van der Waals surface area contributed by atoms with Crippen LogP contribution in [-0.2, 0) is 11.4 Å². The number of ketones is 1. The monoisotopic (exact) mass is 256 g/mol. The van der Waals surface area contributed by atoms with E-state index in [1.807, 2.05) is 25.1 Å². The molecule has 0 radical (unpaired) electrons. The predicted octanol–water partition coefficient (Wildman–Crippen LogP) is 2.51. The Hall–Kier alpha value is -0.670. The molecule has 0 aromatic heterocycles. The second-order valence-electron chi connectivity index (χ2n) is 3.38. The van der Waals surface area contributed by atoms with E-state index >= 15 is 0 Å². The lowest BCUT2D eigenvalue weighted by Crippen LogP contribution is -2.02. The molecule has 1 aromatic rings. The van der Waals surface area contributed by atoms with E-state index in [-0.39, 0.29) is 17.2 Å². The van der Waals surface area contributed by atoms with Crippen LogP contribution in [0.2, 0.25) is 0 Å². The minimum Gasteiger partial charge on any atom is -0.392 e. The highest BCUT2D eigenvalue weighted by molar-refractivity contribution is 9.09. The standard InChI is InChI=1S/C11H13BrO2/c1-7-3-9(6-13)5-10(4-7)11(12)8(2)14/h3-5,11,13H,6H2,1-2H3. The highest BCUT2D eigenvalue weighted by atomic mass is 79.9. The van der Waals surface area contributed by atoms with E-state index in [1.165, 1.54) is 0 Å². The molecular weight excluding hydrogens is 244 g/mol. The number of carbonyl (C=O) groups excluding carboxylic acids is 1. The zero-order chi connectivity index (χ0) is 10.7. The third-order valence-electron chi connectivity index (χ3n) is 1.99. The average Bonchev–Trinajstić information content (AvgIpc) is 2.15. The number of aryl methyl sites for hydroxylation is 1. The van der Waals surface area contributed by atoms with Crippen molar-refractivity contribution in [1.29, 1.82) is 0 Å². The van der Waals surface area contributed by atoms with E-state index in [4.69, 9.17) is 5.11 Å². The smallest absolute Gasteiger partial charge is 0.147 e. The van der Waals surface area contributed by atoms with Crippen LogP contribution >= 0.6 is 15.9 Å². The largest absolute Gasteiger partial charge is 0.392 e. The van der Waals surface area contributed by atoms with Gasteiger partial charge in [0.1, 0.15) is 5.78 Å². The lowest BCUT2D eigenvalue weighted by atomic mass is 10.0. The summed E-state index contributed by atoms with van der Waals surface area (Å²) in [5.74, 6) is 0.0690. The van der Waals surface area contributed by atoms with Crippen LogP contribution in [0.4, 0.5) is 0 Å². The second kappa shape index (κ2) is 4.71. The van der Waals surface area contributed by atoms with Crippen LogP contribution in [0.3, 0.4) is 0 Å². The first-order valence-electron chi connectivity index (χ1n) is 4.40. The van der Waals surface area contributed by atoms with Crippen molar-refractivity contribution in [1.82, 2.24) is 0 Å². The number of halogens is 1. The number of benzene rings is 1. The van der Waals surface area contributed by atoms with Gasteiger partial charge in [-0.25, -0.2) is 0 Å². The average molecular weight is 257 g/mol. The molecular formula is C11H13BrO2. The van der Waals surface area contributed by atoms with Crippen LogP contribution in [0, 0.1) is 6.92 Å². The van der Waals surface area contributed by atoms with Gasteiger partial charge in [0.05, 0.1) is 11.4 Å². The molecule has 1 atom stereocenters. The van der Waals surface area contributed by atoms with Crippen LogP contribution in [-0.4, -0.2) is 10.9 Å². The maximum absolute atomic E-state index is 11.1. The van der Waals surface area contributed by atoms with Crippen molar-refractivity contribution in [2.75, 3.05) is 0 Å². The SMILES string of the molecule is CC(=O)C(Br)c1cc(C)cc(CO)c1. The molecule has 0 aliphatic heterocycles. The Balaban J connectivity index is 3.08. The van der Waals surface area contributed by atoms with Gasteiger partial charge < -0.3 is 5.11 Å². The van der Waals surface area contributed by atoms with Gasteiger partial charge in [0.15, 0.2) is 0 Å². The van der Waals surface area contributed by atoms with Crippen molar-refractivity contribution in [2.45, 2.75) is 25.3 Å². The van der Waals surface area contributed by atoms with Gasteiger partial charge in [-0.05, 0) is 25.0 Å². The third-order valence-corrected chi connectivity index (χ3v) is 3.17. The van der Waals surface area contributed by atoms with E-state index in [1.54, 1.807) is 6.92 Å². The number of hydrogen-bond donors (Lipinski definition) is 1. The molecule has 1 unspecified atom stereocenters. The molecule has 1 rings (SSSR count). The molecule has 2 nitrogen and oxygen atoms in total. The van der Waals surface area contributed by atoms with Crippen molar-refractivity contribution in [3.05, 3.63) is 34.9 Å². The lowest BCUT2D eigenvalue weighted by molar-refractivity contribution is -0.116. The molecule has 14 heavy (non-hydrogen) atoms. The van der Waals surface area contributed by atoms with Gasteiger partial charge in [-0.2, -0.15) is 0 Å². The molecule has 76 valence electrons. The van der Waals surface area contributed by atoms with Gasteiger partial charge in [0.2, 0.25) is 0 Å². The summed E-state index contributed by atoms with van der Waals surface area (Å²) in [5, 5.41) is 9.01. The quantitative estimate of drug-likeness (QED) is 0.845. The minimum atomic E-state index is -0.271. The molecule has 0 fully saturated rings. The fourth-order valence-electron chi connectivity index (χ4n) is 1.37. The Morgan fingerprint density at radius 1 is 1.50 bits per heavy atom. The molecule has 0 amide bonds. The highest BCUT2D eigenvalue weighted by Crippen LogP contribution is 2.25. The van der Waals surface area contributed by atoms with Crippen molar-refractivity contribution in [3.8, 4) is 0 Å². The number of carbonyl (C=O) groups is 1. The van der Waals surface area contributed by atoms with E-state index in [0.717, 1.165) is 16.7 Å². The maximum Gasteiger partial charge on any atom is 0.147 e. The summed E-state index contributed by atoms with van der Waals surface area (Å²) in [6.45, 7) is 3.50. The van der Waals surface area contributed by atoms with E-state index in [2.05, 4.69) is 15.9 Å². The molecule has 3 heteroatoms. The molecule has 0 aliphatic rings. The summed E-state index contributed by atoms with van der Waals surface area (Å²) >= 11 is 3.32. The van der Waals surface area contributed by atoms with E-state index < -0.39 is 0 Å². The number of hydrogen-bond acceptors (Lipinski definition) is 2. The fourth-order valence-corrected chi connectivity index (χ4v) is 1.63. The molecule has 0 bridgehead atoms. The molecule has 1 N–H and O–H groups in total. The molecule has 0 spiro atoms. The molecule has 0 aliphatic carbocycles. The zero-order valence-corrected chi connectivity index (χ0v) is 9.84. The minimum absolute atomic E-state index is 0.00625. The number of Topliss-reactive ketones (excluding diaryl/α,β-unsaturated/α-hetero) is 1. The van der Waals surface area contributed by atoms with Crippen molar-refractivity contribution < 1.29 is 9.90 Å². The fraction of sp³-hybridized carbons (Fsp3) is 0.364. The Morgan fingerprint density at radius 3 is 2.64 bits per heavy atom. The summed E-state index contributed by atoms with van der Waals surface area (Å²) in [5.41, 5.74) is 2.80. The molecule has 1 aromatic carbocycles. The first kappa shape index (κ1) is 11.4. The van der Waals surface area contributed by atoms with Gasteiger partial charge in [-0.1, -0.05) is 39.7 Å². The van der Waals surface area contributed by atoms with Crippen LogP contribution in [0.5, 0.6) is 0 Å². The van der Waals surface area contributed by atoms with Crippen LogP contribution < -0.4 is 0 Å². The van der Waals surface area contributed by atoms with E-state index in [0.29, 0.717) is 0 Å². The van der Waals surface area contributed by atoms with Gasteiger partial charge >= 0.3 is 0 Å². The van der Waals surface area contributed by atoms with Gasteiger partial charge in [0, 0.05) is 0 Å². The number of aliphatic hydroxyl groups is 1. The maximum atomic E-state index is 11.1. The summed E-state index contributed by atoms with van der Waals surface area (Å²) in [7, 11) is 0. The van der Waals surface area contributed by atoms with Crippen molar-refractivity contribution >= 4 is 21.7 Å². The molecule has 0 saturated carbocycles. The topological polar surface area (TPSA) is 37.3 Å². The first-order chi connectivity index (χ1) is 6.54. The highest BCUT2D eigenvalue weighted by Gasteiger charge is 2.13. The Kier molecular flexibility index (Phi) is 3.84. The van der Waals surface area contributed by atoms with Crippen LogP contribution in [0.25, 0.3) is 0 Å². The Labute approximate surface area is 92.1 Å². The third kappa shape index (κ3) is 2.66. The van der Waals surface area contributed by atoms with Crippen molar-refractivity contribution in [3.63, 3.8) is 0 Å². The first-order valence-corrected chi connectivity index (χ1v) is 5.32. The number of alkyl halides is 1. The van der Waals surface area contributed by atoms with Gasteiger partial charge in [0.25, 0.3) is 0 Å². The summed E-state index contributed by atoms with van der Waals surface area (Å²) in [4.78, 5) is 10.9. The van der Waals surface area contributed by atoms with Crippen LogP contribution in [0.1, 0.15) is 28.4 Å². The zero-order valence-electron chi connectivity index (χ0n) is 8.25. The number of rotatable bonds is 3. The van der Waals surface area contributed by atoms with Crippen LogP contribution in [0.15, 0.2) is 18.2 Å². The van der Waals surface area contributed by atoms with Gasteiger partial charge in [-0.15, -0.1) is 0 Å². The van der Waals surface area contributed by atoms with Gasteiger partial charge in [-0.3, -0.25) is 4.79 Å². The lowest BCUT2D eigenvalue weighted by Gasteiger charge is -2.09. The summed E-state index contributed by atoms with van der Waals surface area (Å²) < 4.78 is 0. The molecule has 0 heterocycles. The van der Waals surface area contributed by atoms with E-state index in [9.17, 15) is 4.79 Å². The Morgan fingerprint density at radius 2 is 2.14 bits per heavy atom. The second-order valence-corrected chi connectivity index (χ2v) is 4.30. The normalized spacial score (nSPS) is 12.6.